The fraction of sp³-hybridized carbons (Fsp3) is 0.294. The van der Waals surface area contributed by atoms with Crippen LogP contribution in [0.25, 0.3) is 0 Å². The highest BCUT2D eigenvalue weighted by Gasteiger charge is 2.20. The van der Waals surface area contributed by atoms with E-state index in [9.17, 15) is 9.59 Å². The maximum atomic E-state index is 12.4. The Bertz CT molecular complexity index is 691. The van der Waals surface area contributed by atoms with Crippen molar-refractivity contribution < 1.29 is 14.3 Å². The molecule has 6 nitrogen and oxygen atoms in total. The van der Waals surface area contributed by atoms with Crippen LogP contribution in [0.4, 0.5) is 0 Å². The van der Waals surface area contributed by atoms with Gasteiger partial charge in [0.1, 0.15) is 11.4 Å². The number of rotatable bonds is 6. The number of carbonyl (C=O) groups is 2. The van der Waals surface area contributed by atoms with Crippen molar-refractivity contribution in [3.05, 3.63) is 53.3 Å². The average molecular weight is 315 g/mol. The van der Waals surface area contributed by atoms with Crippen LogP contribution in [0, 0.1) is 0 Å². The van der Waals surface area contributed by atoms with E-state index < -0.39 is 5.91 Å². The van der Waals surface area contributed by atoms with Crippen molar-refractivity contribution in [2.24, 2.45) is 5.73 Å². The van der Waals surface area contributed by atoms with Crippen molar-refractivity contribution in [3.8, 4) is 5.75 Å². The number of nitrogens with two attached hydrogens (primary N) is 1. The number of amides is 2. The first-order chi connectivity index (χ1) is 10.9. The summed E-state index contributed by atoms with van der Waals surface area (Å²) in [5, 5.41) is 0. The van der Waals surface area contributed by atoms with Crippen molar-refractivity contribution in [3.63, 3.8) is 0 Å². The quantitative estimate of drug-likeness (QED) is 0.852. The Kier molecular flexibility index (Phi) is 5.05. The van der Waals surface area contributed by atoms with Gasteiger partial charge in [-0.05, 0) is 37.1 Å². The summed E-state index contributed by atoms with van der Waals surface area (Å²) in [6.45, 7) is 1.97. The molecule has 0 aliphatic rings. The highest BCUT2D eigenvalue weighted by Crippen LogP contribution is 2.15. The molecule has 6 heteroatoms. The first kappa shape index (κ1) is 16.6. The minimum Gasteiger partial charge on any atom is -0.497 e. The minimum absolute atomic E-state index is 0.00350. The second kappa shape index (κ2) is 7.00. The third kappa shape index (κ3) is 3.91. The predicted molar refractivity (Wildman–Crippen MR) is 87.6 cm³/mol. The fourth-order valence-corrected chi connectivity index (χ4v) is 2.29. The van der Waals surface area contributed by atoms with Gasteiger partial charge in [-0.1, -0.05) is 12.1 Å². The van der Waals surface area contributed by atoms with E-state index in [1.165, 1.54) is 12.3 Å². The van der Waals surface area contributed by atoms with E-state index in [1.54, 1.807) is 19.1 Å². The second-order valence-corrected chi connectivity index (χ2v) is 5.48. The molecular weight excluding hydrogens is 294 g/mol. The Morgan fingerprint density at radius 1 is 1.30 bits per heavy atom. The third-order valence-electron chi connectivity index (χ3n) is 3.87. The third-order valence-corrected chi connectivity index (χ3v) is 3.87. The number of ether oxygens (including phenoxy) is 1. The Morgan fingerprint density at radius 3 is 2.48 bits per heavy atom. The van der Waals surface area contributed by atoms with Gasteiger partial charge in [-0.2, -0.15) is 0 Å². The van der Waals surface area contributed by atoms with Gasteiger partial charge in [0.25, 0.3) is 5.91 Å². The lowest BCUT2D eigenvalue weighted by atomic mass is 10.1. The van der Waals surface area contributed by atoms with Crippen molar-refractivity contribution in [1.82, 2.24) is 9.88 Å². The van der Waals surface area contributed by atoms with Crippen LogP contribution < -0.4 is 10.5 Å². The molecule has 122 valence electrons. The van der Waals surface area contributed by atoms with E-state index in [0.29, 0.717) is 11.3 Å². The lowest BCUT2D eigenvalue weighted by Gasteiger charge is -2.24. The molecule has 0 fully saturated rings. The van der Waals surface area contributed by atoms with E-state index in [4.69, 9.17) is 10.5 Å². The lowest BCUT2D eigenvalue weighted by Crippen LogP contribution is -2.36. The van der Waals surface area contributed by atoms with Crippen LogP contribution in [-0.2, 0) is 6.42 Å². The topological polar surface area (TPSA) is 88.4 Å². The van der Waals surface area contributed by atoms with E-state index in [0.717, 1.165) is 17.7 Å². The Labute approximate surface area is 135 Å². The van der Waals surface area contributed by atoms with Gasteiger partial charge in [0.15, 0.2) is 0 Å². The summed E-state index contributed by atoms with van der Waals surface area (Å²) >= 11 is 0. The molecule has 23 heavy (non-hydrogen) atoms. The van der Waals surface area contributed by atoms with Crippen LogP contribution in [0.15, 0.2) is 36.5 Å². The lowest BCUT2D eigenvalue weighted by molar-refractivity contribution is 0.0738. The monoisotopic (exact) mass is 315 g/mol. The molecule has 2 amide bonds. The molecule has 0 bridgehead atoms. The normalized spacial score (nSPS) is 11.8. The molecule has 0 aliphatic carbocycles. The molecule has 1 heterocycles. The number of likely N-dealkylation sites (N-methyl/N-ethyl adjacent to an activating group) is 1. The van der Waals surface area contributed by atoms with Gasteiger partial charge in [0, 0.05) is 19.3 Å². The van der Waals surface area contributed by atoms with Gasteiger partial charge in [-0.25, -0.2) is 0 Å². The van der Waals surface area contributed by atoms with Crippen molar-refractivity contribution in [2.75, 3.05) is 14.2 Å². The van der Waals surface area contributed by atoms with Crippen LogP contribution in [0.3, 0.4) is 0 Å². The van der Waals surface area contributed by atoms with Gasteiger partial charge in [0.2, 0.25) is 5.91 Å². The van der Waals surface area contributed by atoms with E-state index in [-0.39, 0.29) is 11.9 Å². The first-order valence-electron chi connectivity index (χ1n) is 7.30. The number of aromatic nitrogens is 1. The molecule has 0 aliphatic heterocycles. The summed E-state index contributed by atoms with van der Waals surface area (Å²) in [5.74, 6) is 0.0592. The first-order valence-corrected chi connectivity index (χ1v) is 7.30. The van der Waals surface area contributed by atoms with Crippen LogP contribution in [0.5, 0.6) is 5.75 Å². The molecule has 1 atom stereocenters. The van der Waals surface area contributed by atoms with E-state index in [2.05, 4.69) is 4.98 Å². The van der Waals surface area contributed by atoms with Gasteiger partial charge < -0.3 is 20.4 Å². The minimum atomic E-state index is -0.561. The summed E-state index contributed by atoms with van der Waals surface area (Å²) in [6.07, 6.45) is 2.16. The van der Waals surface area contributed by atoms with Crippen molar-refractivity contribution in [2.45, 2.75) is 19.4 Å². The van der Waals surface area contributed by atoms with E-state index >= 15 is 0 Å². The average Bonchev–Trinajstić information content (AvgIpc) is 3.04. The summed E-state index contributed by atoms with van der Waals surface area (Å²) in [4.78, 5) is 28.0. The largest absolute Gasteiger partial charge is 0.497 e. The highest BCUT2D eigenvalue weighted by atomic mass is 16.5. The number of benzene rings is 1. The van der Waals surface area contributed by atoms with Gasteiger partial charge >= 0.3 is 0 Å². The number of nitrogens with one attached hydrogen (secondary N) is 1. The number of carbonyl (C=O) groups excluding carboxylic acids is 2. The molecule has 0 spiro atoms. The number of methoxy groups -OCH3 is 1. The maximum Gasteiger partial charge on any atom is 0.270 e. The number of hydrogen-bond acceptors (Lipinski definition) is 3. The molecule has 1 unspecified atom stereocenters. The number of primary amides is 1. The molecular formula is C17H21N3O3. The highest BCUT2D eigenvalue weighted by molar-refractivity contribution is 5.98. The van der Waals surface area contributed by atoms with Crippen LogP contribution >= 0.6 is 0 Å². The van der Waals surface area contributed by atoms with E-state index in [1.807, 2.05) is 31.2 Å². The van der Waals surface area contributed by atoms with Crippen LogP contribution in [0.1, 0.15) is 33.3 Å². The summed E-state index contributed by atoms with van der Waals surface area (Å²) in [7, 11) is 3.36. The molecule has 0 radical (unpaired) electrons. The summed E-state index contributed by atoms with van der Waals surface area (Å²) in [6, 6.07) is 9.22. The second-order valence-electron chi connectivity index (χ2n) is 5.48. The standard InChI is InChI=1S/C17H21N3O3/c1-11(8-12-4-6-14(23-3)7-5-12)20(2)17(22)15-9-13(10-19-15)16(18)21/h4-7,9-11,19H,8H2,1-3H3,(H2,18,21). The van der Waals surface area contributed by atoms with Gasteiger partial charge in [0.05, 0.1) is 12.7 Å². The molecule has 0 saturated carbocycles. The maximum absolute atomic E-state index is 12.4. The number of hydrogen-bond donors (Lipinski definition) is 2. The molecule has 2 aromatic rings. The zero-order chi connectivity index (χ0) is 17.0. The molecule has 1 aromatic carbocycles. The van der Waals surface area contributed by atoms with Gasteiger partial charge in [-0.15, -0.1) is 0 Å². The zero-order valence-corrected chi connectivity index (χ0v) is 13.5. The summed E-state index contributed by atoms with van der Waals surface area (Å²) < 4.78 is 5.13. The number of nitrogens with zero attached hydrogens (tertiary/aromatic N) is 1. The SMILES string of the molecule is COc1ccc(CC(C)N(C)C(=O)c2cc(C(N)=O)c[nH]2)cc1. The number of aromatic amines is 1. The number of H-pyrrole nitrogens is 1. The zero-order valence-electron chi connectivity index (χ0n) is 13.5. The van der Waals surface area contributed by atoms with Crippen LogP contribution in [0.2, 0.25) is 0 Å². The smallest absolute Gasteiger partial charge is 0.270 e. The van der Waals surface area contributed by atoms with Crippen molar-refractivity contribution >= 4 is 11.8 Å². The molecule has 0 saturated heterocycles. The predicted octanol–water partition coefficient (Wildman–Crippen LogP) is 1.83. The fourth-order valence-electron chi connectivity index (χ4n) is 2.29. The van der Waals surface area contributed by atoms with Gasteiger partial charge in [-0.3, -0.25) is 9.59 Å². The Balaban J connectivity index is 2.03. The Morgan fingerprint density at radius 2 is 1.96 bits per heavy atom. The molecule has 3 N–H and O–H groups in total. The molecule has 2 rings (SSSR count). The summed E-state index contributed by atoms with van der Waals surface area (Å²) in [5.41, 5.74) is 6.95. The molecule has 1 aromatic heterocycles. The van der Waals surface area contributed by atoms with Crippen LogP contribution in [-0.4, -0.2) is 41.9 Å². The van der Waals surface area contributed by atoms with Crippen molar-refractivity contribution in [1.29, 1.82) is 0 Å². The Hall–Kier alpha value is -2.76.